The number of nitrogens with zero attached hydrogens (tertiary/aromatic N) is 3. The number of benzene rings is 1. The average Bonchev–Trinajstić information content (AvgIpc) is 3.31. The Morgan fingerprint density at radius 2 is 1.92 bits per heavy atom. The molecule has 1 aromatic carbocycles. The van der Waals surface area contributed by atoms with Crippen LogP contribution in [0.4, 0.5) is 35.3 Å². The van der Waals surface area contributed by atoms with Crippen molar-refractivity contribution < 1.29 is 27.8 Å². The normalized spacial score (nSPS) is 25.4. The number of nitrogens with one attached hydrogen (secondary N) is 2. The van der Waals surface area contributed by atoms with E-state index in [2.05, 4.69) is 22.5 Å². The first kappa shape index (κ1) is 27.5. The quantitative estimate of drug-likeness (QED) is 0.471. The van der Waals surface area contributed by atoms with Crippen LogP contribution in [0.15, 0.2) is 30.3 Å². The van der Waals surface area contributed by atoms with Gasteiger partial charge in [-0.05, 0) is 80.0 Å². The summed E-state index contributed by atoms with van der Waals surface area (Å²) in [5.41, 5.74) is 3.20. The molecular weight excluding hydrogens is 511 g/mol. The number of anilines is 3. The van der Waals surface area contributed by atoms with Crippen molar-refractivity contribution in [1.82, 2.24) is 9.88 Å². The molecule has 3 N–H and O–H groups in total. The lowest BCUT2D eigenvalue weighted by atomic mass is 9.76. The highest BCUT2D eigenvalue weighted by Gasteiger charge is 2.40. The molecule has 0 spiro atoms. The Morgan fingerprint density at radius 1 is 1.18 bits per heavy atom. The number of pyridine rings is 1. The summed E-state index contributed by atoms with van der Waals surface area (Å²) in [6.45, 7) is 7.17. The highest BCUT2D eigenvalue weighted by atomic mass is 19.4. The number of carbonyl (C=O) groups excluding carboxylic acids is 1. The molecular formula is C28H36F3N5O3. The van der Waals surface area contributed by atoms with Gasteiger partial charge in [0.05, 0.1) is 19.3 Å². The summed E-state index contributed by atoms with van der Waals surface area (Å²) in [7, 11) is 0. The standard InChI is InChI=1S/C28H36F3N5O3/c1-18-3-4-21(32-26(38)36-6-5-19(17-36)14-28(29,30)31)13-23(18)20-11-24(34-27(2)15-22(37)16-27)33-25(12-20)35-7-9-39-10-8-35/h3-4,11-13,19,22,37H,5-10,14-17H2,1-2H3,(H,32,38)(H,33,34). The number of morpholine rings is 1. The maximum absolute atomic E-state index is 12.9. The third-order valence-corrected chi connectivity index (χ3v) is 7.84. The van der Waals surface area contributed by atoms with Crippen molar-refractivity contribution in [2.75, 3.05) is 54.9 Å². The number of carbonyl (C=O) groups is 1. The van der Waals surface area contributed by atoms with Crippen molar-refractivity contribution in [3.8, 4) is 11.1 Å². The molecule has 212 valence electrons. The zero-order valence-electron chi connectivity index (χ0n) is 22.4. The van der Waals surface area contributed by atoms with E-state index in [1.807, 2.05) is 31.2 Å². The van der Waals surface area contributed by atoms with Gasteiger partial charge in [0.15, 0.2) is 0 Å². The van der Waals surface area contributed by atoms with Crippen molar-refractivity contribution in [2.24, 2.45) is 5.92 Å². The number of likely N-dealkylation sites (tertiary alicyclic amines) is 1. The van der Waals surface area contributed by atoms with E-state index in [1.165, 1.54) is 4.90 Å². The van der Waals surface area contributed by atoms with Crippen molar-refractivity contribution in [2.45, 2.75) is 57.3 Å². The summed E-state index contributed by atoms with van der Waals surface area (Å²) in [4.78, 5) is 21.4. The van der Waals surface area contributed by atoms with Crippen molar-refractivity contribution in [1.29, 1.82) is 0 Å². The Bertz CT molecular complexity index is 1200. The second kappa shape index (κ2) is 10.8. The zero-order valence-corrected chi connectivity index (χ0v) is 22.4. The summed E-state index contributed by atoms with van der Waals surface area (Å²) in [5.74, 6) is 0.970. The number of aliphatic hydroxyl groups is 1. The van der Waals surface area contributed by atoms with E-state index >= 15 is 0 Å². The minimum Gasteiger partial charge on any atom is -0.393 e. The Balaban J connectivity index is 1.37. The predicted molar refractivity (Wildman–Crippen MR) is 144 cm³/mol. The van der Waals surface area contributed by atoms with Crippen LogP contribution in [-0.4, -0.2) is 78.2 Å². The van der Waals surface area contributed by atoms with Crippen LogP contribution in [0.3, 0.4) is 0 Å². The second-order valence-electron chi connectivity index (χ2n) is 11.3. The third-order valence-electron chi connectivity index (χ3n) is 7.84. The molecule has 11 heteroatoms. The zero-order chi connectivity index (χ0) is 27.8. The maximum atomic E-state index is 12.9. The first-order valence-electron chi connectivity index (χ1n) is 13.5. The van der Waals surface area contributed by atoms with Gasteiger partial charge in [0.25, 0.3) is 0 Å². The fourth-order valence-electron chi connectivity index (χ4n) is 5.81. The largest absolute Gasteiger partial charge is 0.393 e. The first-order chi connectivity index (χ1) is 18.5. The molecule has 3 fully saturated rings. The summed E-state index contributed by atoms with van der Waals surface area (Å²) in [6.07, 6.45) is -3.77. The summed E-state index contributed by atoms with van der Waals surface area (Å²) in [6, 6.07) is 9.25. The fraction of sp³-hybridized carbons (Fsp3) is 0.571. The summed E-state index contributed by atoms with van der Waals surface area (Å²) >= 11 is 0. The fourth-order valence-corrected chi connectivity index (χ4v) is 5.81. The molecule has 1 unspecified atom stereocenters. The number of ether oxygens (including phenoxy) is 1. The third kappa shape index (κ3) is 6.75. The van der Waals surface area contributed by atoms with E-state index in [4.69, 9.17) is 9.72 Å². The van der Waals surface area contributed by atoms with Crippen LogP contribution < -0.4 is 15.5 Å². The smallest absolute Gasteiger partial charge is 0.389 e. The lowest BCUT2D eigenvalue weighted by Gasteiger charge is -2.43. The van der Waals surface area contributed by atoms with E-state index in [9.17, 15) is 23.1 Å². The van der Waals surface area contributed by atoms with Gasteiger partial charge >= 0.3 is 12.2 Å². The molecule has 8 nitrogen and oxygen atoms in total. The van der Waals surface area contributed by atoms with Crippen molar-refractivity contribution in [3.05, 3.63) is 35.9 Å². The van der Waals surface area contributed by atoms with Gasteiger partial charge in [-0.2, -0.15) is 13.2 Å². The molecule has 0 radical (unpaired) electrons. The lowest BCUT2D eigenvalue weighted by molar-refractivity contribution is -0.143. The van der Waals surface area contributed by atoms with Gasteiger partial charge in [0, 0.05) is 43.8 Å². The molecule has 2 aliphatic heterocycles. The first-order valence-corrected chi connectivity index (χ1v) is 13.5. The van der Waals surface area contributed by atoms with E-state index in [-0.39, 0.29) is 18.2 Å². The lowest BCUT2D eigenvalue weighted by Crippen LogP contribution is -2.50. The van der Waals surface area contributed by atoms with Gasteiger partial charge in [0.2, 0.25) is 0 Å². The molecule has 3 aliphatic rings. The molecule has 0 bridgehead atoms. The van der Waals surface area contributed by atoms with Crippen LogP contribution in [0.5, 0.6) is 0 Å². The van der Waals surface area contributed by atoms with E-state index in [0.29, 0.717) is 50.5 Å². The van der Waals surface area contributed by atoms with Gasteiger partial charge < -0.3 is 30.3 Å². The molecule has 2 amide bonds. The van der Waals surface area contributed by atoms with Gasteiger partial charge in [-0.25, -0.2) is 9.78 Å². The number of urea groups is 1. The number of amides is 2. The van der Waals surface area contributed by atoms with Gasteiger partial charge in [0.1, 0.15) is 11.6 Å². The molecule has 2 saturated heterocycles. The minimum absolute atomic E-state index is 0.0970. The van der Waals surface area contributed by atoms with Crippen LogP contribution in [0.2, 0.25) is 0 Å². The van der Waals surface area contributed by atoms with Crippen LogP contribution in [0.25, 0.3) is 11.1 Å². The SMILES string of the molecule is Cc1ccc(NC(=O)N2CCC(CC(F)(F)F)C2)cc1-c1cc(NC2(C)CC(O)C2)nc(N2CCOCC2)c1. The summed E-state index contributed by atoms with van der Waals surface area (Å²) in [5, 5.41) is 16.3. The Morgan fingerprint density at radius 3 is 2.62 bits per heavy atom. The number of rotatable bonds is 6. The molecule has 3 heterocycles. The Hall–Kier alpha value is -3.05. The van der Waals surface area contributed by atoms with Gasteiger partial charge in [-0.1, -0.05) is 6.07 Å². The highest BCUT2D eigenvalue weighted by Crippen LogP contribution is 2.37. The predicted octanol–water partition coefficient (Wildman–Crippen LogP) is 5.03. The molecule has 2 aromatic rings. The maximum Gasteiger partial charge on any atom is 0.389 e. The van der Waals surface area contributed by atoms with Crippen LogP contribution >= 0.6 is 0 Å². The molecule has 1 aliphatic carbocycles. The number of aromatic nitrogens is 1. The number of aryl methyl sites for hydroxylation is 1. The van der Waals surface area contributed by atoms with Crippen molar-refractivity contribution in [3.63, 3.8) is 0 Å². The van der Waals surface area contributed by atoms with Gasteiger partial charge in [-0.15, -0.1) is 0 Å². The van der Waals surface area contributed by atoms with E-state index in [0.717, 1.165) is 35.6 Å². The molecule has 5 rings (SSSR count). The molecule has 1 aromatic heterocycles. The van der Waals surface area contributed by atoms with Crippen LogP contribution in [0.1, 0.15) is 38.2 Å². The monoisotopic (exact) mass is 547 g/mol. The summed E-state index contributed by atoms with van der Waals surface area (Å²) < 4.78 is 43.9. The molecule has 39 heavy (non-hydrogen) atoms. The topological polar surface area (TPSA) is 90.0 Å². The Kier molecular flexibility index (Phi) is 7.65. The van der Waals surface area contributed by atoms with Crippen LogP contribution in [0, 0.1) is 12.8 Å². The number of hydrogen-bond donors (Lipinski definition) is 3. The van der Waals surface area contributed by atoms with Gasteiger partial charge in [-0.3, -0.25) is 0 Å². The van der Waals surface area contributed by atoms with E-state index in [1.54, 1.807) is 6.07 Å². The number of halogens is 3. The number of hydrogen-bond acceptors (Lipinski definition) is 6. The van der Waals surface area contributed by atoms with E-state index < -0.39 is 24.5 Å². The second-order valence-corrected chi connectivity index (χ2v) is 11.3. The highest BCUT2D eigenvalue weighted by molar-refractivity contribution is 5.91. The minimum atomic E-state index is -4.23. The Labute approximate surface area is 226 Å². The molecule has 1 saturated carbocycles. The average molecular weight is 548 g/mol. The van der Waals surface area contributed by atoms with Crippen molar-refractivity contribution >= 4 is 23.4 Å². The number of alkyl halides is 3. The number of aliphatic hydroxyl groups excluding tert-OH is 1. The van der Waals surface area contributed by atoms with Crippen LogP contribution in [-0.2, 0) is 4.74 Å². The molecule has 1 atom stereocenters.